The average Bonchev–Trinajstić information content (AvgIpc) is 2.74. The van der Waals surface area contributed by atoms with Gasteiger partial charge in [-0.05, 0) is 0 Å². The van der Waals surface area contributed by atoms with E-state index >= 15 is 0 Å². The zero-order chi connectivity index (χ0) is 14.0. The molecule has 2 heterocycles. The number of carbonyl (C=O) groups is 2. The van der Waals surface area contributed by atoms with Crippen molar-refractivity contribution in [3.63, 3.8) is 0 Å². The van der Waals surface area contributed by atoms with Crippen LogP contribution in [0, 0.1) is 0 Å². The third-order valence-electron chi connectivity index (χ3n) is 3.08. The van der Waals surface area contributed by atoms with Crippen LogP contribution in [-0.2, 0) is 4.79 Å². The number of hydrogen-bond acceptors (Lipinski definition) is 5. The summed E-state index contributed by atoms with van der Waals surface area (Å²) in [7, 11) is 4.88. The summed E-state index contributed by atoms with van der Waals surface area (Å²) >= 11 is 0. The molecule has 1 aliphatic heterocycles. The minimum absolute atomic E-state index is 0.0314. The molecule has 0 aromatic carbocycles. The molecule has 2 rings (SSSR count). The Balaban J connectivity index is 1.98. The lowest BCUT2D eigenvalue weighted by atomic mass is 10.2. The number of carbonyl (C=O) groups excluding carboxylic acids is 2. The second kappa shape index (κ2) is 5.35. The van der Waals surface area contributed by atoms with Crippen molar-refractivity contribution in [1.82, 2.24) is 30.1 Å². The van der Waals surface area contributed by atoms with Crippen molar-refractivity contribution < 1.29 is 9.59 Å². The van der Waals surface area contributed by atoms with Crippen LogP contribution in [0.1, 0.15) is 16.5 Å². The zero-order valence-electron chi connectivity index (χ0n) is 11.3. The molecule has 0 unspecified atom stereocenters. The van der Waals surface area contributed by atoms with Gasteiger partial charge in [-0.2, -0.15) is 0 Å². The summed E-state index contributed by atoms with van der Waals surface area (Å²) in [5, 5.41) is 10.9. The highest BCUT2D eigenvalue weighted by Crippen LogP contribution is 2.10. The first-order valence-electron chi connectivity index (χ1n) is 6.07. The summed E-state index contributed by atoms with van der Waals surface area (Å²) < 4.78 is 1.69. The van der Waals surface area contributed by atoms with E-state index in [0.717, 1.165) is 13.1 Å². The molecule has 104 valence electrons. The lowest BCUT2D eigenvalue weighted by molar-refractivity contribution is -0.129. The highest BCUT2D eigenvalue weighted by Gasteiger charge is 2.23. The molecule has 1 N–H and O–H groups in total. The topological polar surface area (TPSA) is 83.4 Å². The molecular weight excluding hydrogens is 248 g/mol. The van der Waals surface area contributed by atoms with Gasteiger partial charge < -0.3 is 15.1 Å². The Morgan fingerprint density at radius 2 is 2.11 bits per heavy atom. The molecule has 0 atom stereocenters. The van der Waals surface area contributed by atoms with Crippen molar-refractivity contribution in [3.8, 4) is 0 Å². The molecule has 19 heavy (non-hydrogen) atoms. The van der Waals surface area contributed by atoms with Crippen LogP contribution >= 0.6 is 0 Å². The summed E-state index contributed by atoms with van der Waals surface area (Å²) in [4.78, 5) is 26.4. The van der Waals surface area contributed by atoms with Crippen LogP contribution < -0.4 is 5.32 Å². The van der Waals surface area contributed by atoms with Gasteiger partial charge in [-0.1, -0.05) is 5.21 Å². The molecule has 0 bridgehead atoms. The Bertz CT molecular complexity index is 479. The SMILES string of the molecule is CN(C)C(=O)CN(C)C(=O)c1cn(C2CNC2)nn1. The van der Waals surface area contributed by atoms with E-state index in [1.54, 1.807) is 32.0 Å². The first kappa shape index (κ1) is 13.5. The van der Waals surface area contributed by atoms with Gasteiger partial charge in [0.25, 0.3) is 5.91 Å². The van der Waals surface area contributed by atoms with Crippen LogP contribution in [0.15, 0.2) is 6.20 Å². The van der Waals surface area contributed by atoms with Gasteiger partial charge in [-0.25, -0.2) is 4.68 Å². The second-order valence-electron chi connectivity index (χ2n) is 4.85. The van der Waals surface area contributed by atoms with E-state index in [1.807, 2.05) is 0 Å². The zero-order valence-corrected chi connectivity index (χ0v) is 11.3. The van der Waals surface area contributed by atoms with Gasteiger partial charge in [0.1, 0.15) is 0 Å². The maximum atomic E-state index is 12.1. The van der Waals surface area contributed by atoms with Gasteiger partial charge in [0.15, 0.2) is 5.69 Å². The number of amides is 2. The number of rotatable bonds is 4. The Morgan fingerprint density at radius 3 is 2.63 bits per heavy atom. The molecule has 8 nitrogen and oxygen atoms in total. The average molecular weight is 266 g/mol. The largest absolute Gasteiger partial charge is 0.347 e. The standard InChI is InChI=1S/C11H18N6O2/c1-15(2)10(18)7-16(3)11(19)9-6-17(14-13-9)8-4-12-5-8/h6,8,12H,4-5,7H2,1-3H3. The summed E-state index contributed by atoms with van der Waals surface area (Å²) in [5.41, 5.74) is 0.265. The van der Waals surface area contributed by atoms with E-state index in [1.165, 1.54) is 9.80 Å². The molecule has 1 aliphatic rings. The summed E-state index contributed by atoms with van der Waals surface area (Å²) in [6, 6.07) is 0.266. The van der Waals surface area contributed by atoms with Crippen LogP contribution in [0.25, 0.3) is 0 Å². The molecule has 8 heteroatoms. The number of nitrogens with zero attached hydrogens (tertiary/aromatic N) is 5. The molecule has 1 aromatic heterocycles. The fraction of sp³-hybridized carbons (Fsp3) is 0.636. The maximum absolute atomic E-state index is 12.1. The first-order valence-corrected chi connectivity index (χ1v) is 6.07. The lowest BCUT2D eigenvalue weighted by Gasteiger charge is -2.26. The highest BCUT2D eigenvalue weighted by atomic mass is 16.2. The lowest BCUT2D eigenvalue weighted by Crippen LogP contribution is -2.43. The molecule has 1 aromatic rings. The first-order chi connectivity index (χ1) is 8.99. The van der Waals surface area contributed by atoms with Gasteiger partial charge >= 0.3 is 0 Å². The summed E-state index contributed by atoms with van der Waals surface area (Å²) in [5.74, 6) is -0.430. The van der Waals surface area contributed by atoms with Crippen LogP contribution in [0.4, 0.5) is 0 Å². The molecule has 0 aliphatic carbocycles. The molecule has 0 spiro atoms. The van der Waals surface area contributed by atoms with Gasteiger partial charge in [0.2, 0.25) is 5.91 Å². The highest BCUT2D eigenvalue weighted by molar-refractivity contribution is 5.94. The smallest absolute Gasteiger partial charge is 0.276 e. The van der Waals surface area contributed by atoms with E-state index in [-0.39, 0.29) is 30.1 Å². The van der Waals surface area contributed by atoms with Crippen LogP contribution in [0.2, 0.25) is 0 Å². The Hall–Kier alpha value is -1.96. The predicted molar refractivity (Wildman–Crippen MR) is 67.6 cm³/mol. The number of nitrogens with one attached hydrogen (secondary N) is 1. The summed E-state index contributed by atoms with van der Waals surface area (Å²) in [6.07, 6.45) is 1.63. The van der Waals surface area contributed by atoms with E-state index < -0.39 is 0 Å². The molecule has 2 amide bonds. The molecule has 1 fully saturated rings. The monoisotopic (exact) mass is 266 g/mol. The van der Waals surface area contributed by atoms with E-state index in [0.29, 0.717) is 0 Å². The fourth-order valence-corrected chi connectivity index (χ4v) is 1.63. The van der Waals surface area contributed by atoms with Crippen LogP contribution in [-0.4, -0.2) is 77.4 Å². The summed E-state index contributed by atoms with van der Waals surface area (Å²) in [6.45, 7) is 1.71. The molecule has 0 radical (unpaired) electrons. The van der Waals surface area contributed by atoms with Crippen LogP contribution in [0.3, 0.4) is 0 Å². The predicted octanol–water partition coefficient (Wildman–Crippen LogP) is -1.42. The van der Waals surface area contributed by atoms with Gasteiger partial charge in [0, 0.05) is 34.2 Å². The van der Waals surface area contributed by atoms with Crippen molar-refractivity contribution >= 4 is 11.8 Å². The van der Waals surface area contributed by atoms with E-state index in [2.05, 4.69) is 15.6 Å². The quantitative estimate of drug-likeness (QED) is 0.723. The normalized spacial score (nSPS) is 14.9. The third kappa shape index (κ3) is 2.90. The second-order valence-corrected chi connectivity index (χ2v) is 4.85. The Labute approximate surface area is 111 Å². The van der Waals surface area contributed by atoms with Crippen LogP contribution in [0.5, 0.6) is 0 Å². The molecular formula is C11H18N6O2. The number of hydrogen-bond donors (Lipinski definition) is 1. The third-order valence-corrected chi connectivity index (χ3v) is 3.08. The van der Waals surface area contributed by atoms with Crippen molar-refractivity contribution in [3.05, 3.63) is 11.9 Å². The Kier molecular flexibility index (Phi) is 3.79. The van der Waals surface area contributed by atoms with Crippen molar-refractivity contribution in [2.24, 2.45) is 0 Å². The van der Waals surface area contributed by atoms with E-state index in [9.17, 15) is 9.59 Å². The number of aromatic nitrogens is 3. The van der Waals surface area contributed by atoms with Gasteiger partial charge in [0.05, 0.1) is 18.8 Å². The molecule has 0 saturated carbocycles. The van der Waals surface area contributed by atoms with Crippen molar-refractivity contribution in [1.29, 1.82) is 0 Å². The van der Waals surface area contributed by atoms with Gasteiger partial charge in [-0.15, -0.1) is 5.10 Å². The number of likely N-dealkylation sites (N-methyl/N-ethyl adjacent to an activating group) is 2. The minimum atomic E-state index is -0.297. The minimum Gasteiger partial charge on any atom is -0.347 e. The van der Waals surface area contributed by atoms with Crippen molar-refractivity contribution in [2.75, 3.05) is 40.8 Å². The maximum Gasteiger partial charge on any atom is 0.276 e. The van der Waals surface area contributed by atoms with E-state index in [4.69, 9.17) is 0 Å². The Morgan fingerprint density at radius 1 is 1.42 bits per heavy atom. The van der Waals surface area contributed by atoms with Gasteiger partial charge in [-0.3, -0.25) is 9.59 Å². The fourth-order valence-electron chi connectivity index (χ4n) is 1.63. The van der Waals surface area contributed by atoms with Crippen molar-refractivity contribution in [2.45, 2.75) is 6.04 Å². The molecule has 1 saturated heterocycles.